The van der Waals surface area contributed by atoms with Gasteiger partial charge in [0, 0.05) is 0 Å². The van der Waals surface area contributed by atoms with Crippen molar-refractivity contribution in [2.45, 2.75) is 20.4 Å². The topological polar surface area (TPSA) is 79.5 Å². The largest absolute Gasteiger partial charge is 0.478 e. The number of nitrogens with one attached hydrogen (secondary N) is 1. The van der Waals surface area contributed by atoms with E-state index >= 15 is 0 Å². The molecular formula is C15H14FNO4. The van der Waals surface area contributed by atoms with Crippen LogP contribution in [0.25, 0.3) is 0 Å². The fourth-order valence-electron chi connectivity index (χ4n) is 1.92. The van der Waals surface area contributed by atoms with Gasteiger partial charge < -0.3 is 14.8 Å². The van der Waals surface area contributed by atoms with E-state index in [9.17, 15) is 14.0 Å². The van der Waals surface area contributed by atoms with Crippen LogP contribution in [0.1, 0.15) is 37.8 Å². The van der Waals surface area contributed by atoms with E-state index in [1.54, 1.807) is 13.0 Å². The third-order valence-corrected chi connectivity index (χ3v) is 2.99. The molecule has 110 valence electrons. The Bertz CT molecular complexity index is 706. The van der Waals surface area contributed by atoms with Crippen LogP contribution in [0.15, 0.2) is 28.7 Å². The minimum absolute atomic E-state index is 0.0136. The van der Waals surface area contributed by atoms with Crippen molar-refractivity contribution < 1.29 is 23.5 Å². The summed E-state index contributed by atoms with van der Waals surface area (Å²) in [7, 11) is 0. The number of benzene rings is 1. The number of rotatable bonds is 4. The van der Waals surface area contributed by atoms with Gasteiger partial charge in [0.05, 0.1) is 12.1 Å². The van der Waals surface area contributed by atoms with Gasteiger partial charge in [-0.05, 0) is 32.0 Å². The highest BCUT2D eigenvalue weighted by Gasteiger charge is 2.16. The molecule has 0 aliphatic heterocycles. The van der Waals surface area contributed by atoms with Gasteiger partial charge in [-0.15, -0.1) is 0 Å². The van der Waals surface area contributed by atoms with Gasteiger partial charge in [-0.2, -0.15) is 0 Å². The van der Waals surface area contributed by atoms with Crippen LogP contribution in [-0.4, -0.2) is 17.0 Å². The zero-order valence-electron chi connectivity index (χ0n) is 11.6. The van der Waals surface area contributed by atoms with Crippen LogP contribution in [0, 0.1) is 19.7 Å². The van der Waals surface area contributed by atoms with Crippen molar-refractivity contribution in [1.29, 1.82) is 0 Å². The second kappa shape index (κ2) is 5.78. The highest BCUT2D eigenvalue weighted by Crippen LogP contribution is 2.15. The molecule has 1 amide bonds. The number of hydrogen-bond donors (Lipinski definition) is 2. The van der Waals surface area contributed by atoms with E-state index < -0.39 is 17.7 Å². The molecule has 1 aromatic heterocycles. The fourth-order valence-corrected chi connectivity index (χ4v) is 1.92. The van der Waals surface area contributed by atoms with Crippen molar-refractivity contribution in [2.24, 2.45) is 0 Å². The van der Waals surface area contributed by atoms with E-state index in [1.807, 2.05) is 0 Å². The first-order chi connectivity index (χ1) is 9.88. The lowest BCUT2D eigenvalue weighted by molar-refractivity contribution is 0.0694. The SMILES string of the molecule is Cc1ccc(F)c(C(=O)NCc2cc(C(=O)O)c(C)o2)c1. The van der Waals surface area contributed by atoms with Crippen LogP contribution in [0.2, 0.25) is 0 Å². The molecule has 0 fully saturated rings. The third kappa shape index (κ3) is 3.28. The van der Waals surface area contributed by atoms with Gasteiger partial charge >= 0.3 is 5.97 Å². The van der Waals surface area contributed by atoms with Crippen molar-refractivity contribution >= 4 is 11.9 Å². The van der Waals surface area contributed by atoms with Gasteiger partial charge in [0.15, 0.2) is 0 Å². The number of aromatic carboxylic acids is 1. The Hall–Kier alpha value is -2.63. The molecule has 0 atom stereocenters. The van der Waals surface area contributed by atoms with Crippen LogP contribution in [0.3, 0.4) is 0 Å². The number of furan rings is 1. The second-order valence-electron chi connectivity index (χ2n) is 4.65. The first kappa shape index (κ1) is 14.8. The van der Waals surface area contributed by atoms with E-state index in [2.05, 4.69) is 5.32 Å². The lowest BCUT2D eigenvalue weighted by Gasteiger charge is -2.05. The van der Waals surface area contributed by atoms with Gasteiger partial charge in [0.2, 0.25) is 0 Å². The monoisotopic (exact) mass is 291 g/mol. The van der Waals surface area contributed by atoms with Crippen LogP contribution in [-0.2, 0) is 6.54 Å². The summed E-state index contributed by atoms with van der Waals surface area (Å²) in [6.07, 6.45) is 0. The van der Waals surface area contributed by atoms with Crippen molar-refractivity contribution in [3.63, 3.8) is 0 Å². The first-order valence-electron chi connectivity index (χ1n) is 6.25. The Morgan fingerprint density at radius 2 is 1.95 bits per heavy atom. The molecule has 0 radical (unpaired) electrons. The molecule has 2 rings (SSSR count). The number of halogens is 1. The maximum Gasteiger partial charge on any atom is 0.339 e. The van der Waals surface area contributed by atoms with Crippen molar-refractivity contribution in [3.8, 4) is 0 Å². The molecule has 2 N–H and O–H groups in total. The summed E-state index contributed by atoms with van der Waals surface area (Å²) in [4.78, 5) is 22.8. The molecule has 2 aromatic rings. The molecule has 0 aliphatic rings. The molecular weight excluding hydrogens is 277 g/mol. The number of carbonyl (C=O) groups is 2. The smallest absolute Gasteiger partial charge is 0.339 e. The van der Waals surface area contributed by atoms with Crippen LogP contribution < -0.4 is 5.32 Å². The molecule has 21 heavy (non-hydrogen) atoms. The quantitative estimate of drug-likeness (QED) is 0.907. The Labute approximate surface area is 120 Å². The van der Waals surface area contributed by atoms with E-state index in [1.165, 1.54) is 25.1 Å². The van der Waals surface area contributed by atoms with Gasteiger partial charge in [0.1, 0.15) is 22.9 Å². The molecule has 0 spiro atoms. The third-order valence-electron chi connectivity index (χ3n) is 2.99. The number of amides is 1. The van der Waals surface area contributed by atoms with Crippen molar-refractivity contribution in [1.82, 2.24) is 5.32 Å². The normalized spacial score (nSPS) is 10.4. The van der Waals surface area contributed by atoms with Gasteiger partial charge in [-0.25, -0.2) is 9.18 Å². The molecule has 0 saturated heterocycles. The predicted octanol–water partition coefficient (Wildman–Crippen LogP) is 2.66. The zero-order valence-corrected chi connectivity index (χ0v) is 11.6. The number of carboxylic acid groups (broad SMARTS) is 1. The molecule has 0 bridgehead atoms. The van der Waals surface area contributed by atoms with Gasteiger partial charge in [-0.3, -0.25) is 4.79 Å². The second-order valence-corrected chi connectivity index (χ2v) is 4.65. The average molecular weight is 291 g/mol. The van der Waals surface area contributed by atoms with Crippen molar-refractivity contribution in [3.05, 3.63) is 58.3 Å². The first-order valence-corrected chi connectivity index (χ1v) is 6.25. The van der Waals surface area contributed by atoms with Crippen LogP contribution in [0.5, 0.6) is 0 Å². The number of hydrogen-bond acceptors (Lipinski definition) is 3. The summed E-state index contributed by atoms with van der Waals surface area (Å²) in [5, 5.41) is 11.4. The van der Waals surface area contributed by atoms with Gasteiger partial charge in [0.25, 0.3) is 5.91 Å². The summed E-state index contributed by atoms with van der Waals surface area (Å²) in [5.74, 6) is -1.74. The summed E-state index contributed by atoms with van der Waals surface area (Å²) in [6.45, 7) is 3.26. The number of carboxylic acids is 1. The Balaban J connectivity index is 2.09. The number of carbonyl (C=O) groups excluding carboxylic acids is 1. The Kier molecular flexibility index (Phi) is 4.07. The minimum atomic E-state index is -1.10. The highest BCUT2D eigenvalue weighted by molar-refractivity contribution is 5.94. The fraction of sp³-hybridized carbons (Fsp3) is 0.200. The Morgan fingerprint density at radius 3 is 2.57 bits per heavy atom. The number of aryl methyl sites for hydroxylation is 2. The summed E-state index contributed by atoms with van der Waals surface area (Å²) in [6, 6.07) is 5.58. The van der Waals surface area contributed by atoms with E-state index in [-0.39, 0.29) is 23.4 Å². The van der Waals surface area contributed by atoms with E-state index in [0.717, 1.165) is 5.56 Å². The summed E-state index contributed by atoms with van der Waals surface area (Å²) < 4.78 is 18.8. The Morgan fingerprint density at radius 1 is 1.24 bits per heavy atom. The van der Waals surface area contributed by atoms with Gasteiger partial charge in [-0.1, -0.05) is 11.6 Å². The molecule has 1 aromatic carbocycles. The molecule has 5 nitrogen and oxygen atoms in total. The maximum atomic E-state index is 13.6. The predicted molar refractivity (Wildman–Crippen MR) is 72.7 cm³/mol. The van der Waals surface area contributed by atoms with Crippen LogP contribution in [0.4, 0.5) is 4.39 Å². The molecule has 1 heterocycles. The molecule has 0 aliphatic carbocycles. The molecule has 0 unspecified atom stereocenters. The summed E-state index contributed by atoms with van der Waals surface area (Å²) >= 11 is 0. The zero-order chi connectivity index (χ0) is 15.6. The maximum absolute atomic E-state index is 13.6. The standard InChI is InChI=1S/C15H14FNO4/c1-8-3-4-13(16)12(5-8)14(18)17-7-10-6-11(15(19)20)9(2)21-10/h3-6H,7H2,1-2H3,(H,17,18)(H,19,20). The van der Waals surface area contributed by atoms with Crippen molar-refractivity contribution in [2.75, 3.05) is 0 Å². The van der Waals surface area contributed by atoms with E-state index in [4.69, 9.17) is 9.52 Å². The van der Waals surface area contributed by atoms with E-state index in [0.29, 0.717) is 5.76 Å². The summed E-state index contributed by atoms with van der Waals surface area (Å²) in [5.41, 5.74) is 0.751. The average Bonchev–Trinajstić information content (AvgIpc) is 2.80. The lowest BCUT2D eigenvalue weighted by Crippen LogP contribution is -2.23. The van der Waals surface area contributed by atoms with Crippen LogP contribution >= 0.6 is 0 Å². The molecule has 0 saturated carbocycles. The lowest BCUT2D eigenvalue weighted by atomic mass is 10.1. The molecule has 6 heteroatoms. The highest BCUT2D eigenvalue weighted by atomic mass is 19.1. The minimum Gasteiger partial charge on any atom is -0.478 e.